The zero-order chi connectivity index (χ0) is 12.7. The molecule has 0 aromatic carbocycles. The second kappa shape index (κ2) is 7.71. The van der Waals surface area contributed by atoms with Crippen molar-refractivity contribution < 1.29 is 0 Å². The zero-order valence-corrected chi connectivity index (χ0v) is 12.1. The van der Waals surface area contributed by atoms with Crippen molar-refractivity contribution in [3.05, 3.63) is 12.2 Å². The summed E-state index contributed by atoms with van der Waals surface area (Å²) in [6.07, 6.45) is 3.84. The quantitative estimate of drug-likeness (QED) is 0.724. The van der Waals surface area contributed by atoms with Gasteiger partial charge in [-0.15, -0.1) is 0 Å². The van der Waals surface area contributed by atoms with E-state index in [1.807, 2.05) is 23.5 Å². The SMILES string of the molecule is CCCSCC(Cc1ncnn1C(C)C)NC. The van der Waals surface area contributed by atoms with Crippen LogP contribution < -0.4 is 5.32 Å². The normalized spacial score (nSPS) is 13.2. The number of rotatable bonds is 8. The van der Waals surface area contributed by atoms with Gasteiger partial charge in [0.1, 0.15) is 12.2 Å². The molecule has 98 valence electrons. The summed E-state index contributed by atoms with van der Waals surface area (Å²) in [5.41, 5.74) is 0. The maximum atomic E-state index is 4.36. The third kappa shape index (κ3) is 4.68. The molecule has 1 rings (SSSR count). The molecule has 1 N–H and O–H groups in total. The van der Waals surface area contributed by atoms with Gasteiger partial charge in [-0.1, -0.05) is 6.92 Å². The third-order valence-corrected chi connectivity index (χ3v) is 3.98. The monoisotopic (exact) mass is 256 g/mol. The van der Waals surface area contributed by atoms with Crippen molar-refractivity contribution in [2.24, 2.45) is 0 Å². The number of nitrogens with one attached hydrogen (secondary N) is 1. The van der Waals surface area contributed by atoms with E-state index in [0.717, 1.165) is 18.0 Å². The van der Waals surface area contributed by atoms with Crippen LogP contribution in [0.4, 0.5) is 0 Å². The minimum Gasteiger partial charge on any atom is -0.316 e. The molecule has 4 nitrogen and oxygen atoms in total. The first kappa shape index (κ1) is 14.5. The first-order valence-corrected chi connectivity index (χ1v) is 7.47. The van der Waals surface area contributed by atoms with Gasteiger partial charge >= 0.3 is 0 Å². The second-order valence-corrected chi connectivity index (χ2v) is 5.63. The van der Waals surface area contributed by atoms with Gasteiger partial charge in [-0.25, -0.2) is 9.67 Å². The number of aromatic nitrogens is 3. The molecule has 0 saturated carbocycles. The molecule has 5 heteroatoms. The van der Waals surface area contributed by atoms with E-state index in [4.69, 9.17) is 0 Å². The summed E-state index contributed by atoms with van der Waals surface area (Å²) >= 11 is 2.00. The van der Waals surface area contributed by atoms with Crippen LogP contribution in [0.15, 0.2) is 6.33 Å². The van der Waals surface area contributed by atoms with Crippen molar-refractivity contribution in [2.75, 3.05) is 18.6 Å². The van der Waals surface area contributed by atoms with Gasteiger partial charge < -0.3 is 5.32 Å². The van der Waals surface area contributed by atoms with Crippen LogP contribution in [0, 0.1) is 0 Å². The van der Waals surface area contributed by atoms with Gasteiger partial charge in [0.2, 0.25) is 0 Å². The summed E-state index contributed by atoms with van der Waals surface area (Å²) in [5.74, 6) is 3.45. The summed E-state index contributed by atoms with van der Waals surface area (Å²) in [5, 5.41) is 7.63. The van der Waals surface area contributed by atoms with Crippen molar-refractivity contribution >= 4 is 11.8 Å². The van der Waals surface area contributed by atoms with Crippen molar-refractivity contribution in [2.45, 2.75) is 45.7 Å². The third-order valence-electron chi connectivity index (χ3n) is 2.64. The van der Waals surface area contributed by atoms with Gasteiger partial charge in [0.15, 0.2) is 0 Å². The van der Waals surface area contributed by atoms with E-state index in [9.17, 15) is 0 Å². The molecule has 1 unspecified atom stereocenters. The lowest BCUT2D eigenvalue weighted by Gasteiger charge is -2.16. The van der Waals surface area contributed by atoms with Crippen LogP contribution in [0.5, 0.6) is 0 Å². The van der Waals surface area contributed by atoms with E-state index in [0.29, 0.717) is 12.1 Å². The Balaban J connectivity index is 2.51. The highest BCUT2D eigenvalue weighted by molar-refractivity contribution is 7.99. The largest absolute Gasteiger partial charge is 0.316 e. The molecule has 0 saturated heterocycles. The zero-order valence-electron chi connectivity index (χ0n) is 11.3. The fraction of sp³-hybridized carbons (Fsp3) is 0.833. The molecule has 0 aliphatic heterocycles. The van der Waals surface area contributed by atoms with E-state index in [1.54, 1.807) is 6.33 Å². The average molecular weight is 256 g/mol. The maximum absolute atomic E-state index is 4.36. The molecule has 0 radical (unpaired) electrons. The van der Waals surface area contributed by atoms with Crippen molar-refractivity contribution in [1.29, 1.82) is 0 Å². The summed E-state index contributed by atoms with van der Waals surface area (Å²) in [4.78, 5) is 4.36. The summed E-state index contributed by atoms with van der Waals surface area (Å²) < 4.78 is 2.01. The first-order chi connectivity index (χ1) is 8.19. The van der Waals surface area contributed by atoms with Gasteiger partial charge in [0.25, 0.3) is 0 Å². The number of hydrogen-bond donors (Lipinski definition) is 1. The summed E-state index contributed by atoms with van der Waals surface area (Å²) in [7, 11) is 2.02. The van der Waals surface area contributed by atoms with E-state index in [1.165, 1.54) is 12.2 Å². The molecular formula is C12H24N4S. The molecule has 1 aromatic rings. The van der Waals surface area contributed by atoms with Crippen molar-refractivity contribution in [3.8, 4) is 0 Å². The summed E-state index contributed by atoms with van der Waals surface area (Å²) in [6, 6.07) is 0.863. The van der Waals surface area contributed by atoms with Gasteiger partial charge in [-0.05, 0) is 33.1 Å². The van der Waals surface area contributed by atoms with E-state index >= 15 is 0 Å². The van der Waals surface area contributed by atoms with Crippen LogP contribution in [0.25, 0.3) is 0 Å². The molecule has 0 aliphatic carbocycles. The van der Waals surface area contributed by atoms with E-state index in [-0.39, 0.29) is 0 Å². The number of likely N-dealkylation sites (N-methyl/N-ethyl adjacent to an activating group) is 1. The highest BCUT2D eigenvalue weighted by atomic mass is 32.2. The lowest BCUT2D eigenvalue weighted by Crippen LogP contribution is -2.31. The molecule has 17 heavy (non-hydrogen) atoms. The smallest absolute Gasteiger partial charge is 0.138 e. The van der Waals surface area contributed by atoms with Crippen molar-refractivity contribution in [3.63, 3.8) is 0 Å². The molecule has 1 atom stereocenters. The molecule has 0 spiro atoms. The topological polar surface area (TPSA) is 42.7 Å². The Labute approximate surface area is 109 Å². The minimum absolute atomic E-state index is 0.383. The van der Waals surface area contributed by atoms with Crippen LogP contribution in [0.1, 0.15) is 39.1 Å². The Hall–Kier alpha value is -0.550. The van der Waals surface area contributed by atoms with E-state index < -0.39 is 0 Å². The molecule has 0 amide bonds. The predicted molar refractivity (Wildman–Crippen MR) is 74.6 cm³/mol. The number of hydrogen-bond acceptors (Lipinski definition) is 4. The molecule has 1 heterocycles. The molecule has 0 bridgehead atoms. The van der Waals surface area contributed by atoms with E-state index in [2.05, 4.69) is 36.2 Å². The van der Waals surface area contributed by atoms with Gasteiger partial charge in [-0.3, -0.25) is 0 Å². The highest BCUT2D eigenvalue weighted by Crippen LogP contribution is 2.11. The lowest BCUT2D eigenvalue weighted by molar-refractivity contribution is 0.484. The molecule has 0 fully saturated rings. The Morgan fingerprint density at radius 2 is 2.24 bits per heavy atom. The van der Waals surface area contributed by atoms with Crippen LogP contribution in [-0.4, -0.2) is 39.4 Å². The Kier molecular flexibility index (Phi) is 6.58. The standard InChI is InChI=1S/C12H24N4S/c1-5-6-17-8-11(13-4)7-12-14-9-15-16(12)10(2)3/h9-11,13H,5-8H2,1-4H3. The lowest BCUT2D eigenvalue weighted by atomic mass is 10.2. The summed E-state index contributed by atoms with van der Waals surface area (Å²) in [6.45, 7) is 6.49. The Morgan fingerprint density at radius 3 is 2.82 bits per heavy atom. The van der Waals surface area contributed by atoms with Gasteiger partial charge in [0, 0.05) is 24.3 Å². The highest BCUT2D eigenvalue weighted by Gasteiger charge is 2.13. The molecule has 0 aliphatic rings. The van der Waals surface area contributed by atoms with Crippen LogP contribution in [-0.2, 0) is 6.42 Å². The Bertz CT molecular complexity index is 311. The van der Waals surface area contributed by atoms with Gasteiger partial charge in [-0.2, -0.15) is 16.9 Å². The number of thioether (sulfide) groups is 1. The Morgan fingerprint density at radius 1 is 1.47 bits per heavy atom. The van der Waals surface area contributed by atoms with Crippen LogP contribution in [0.3, 0.4) is 0 Å². The maximum Gasteiger partial charge on any atom is 0.138 e. The fourth-order valence-corrected chi connectivity index (χ4v) is 2.71. The van der Waals surface area contributed by atoms with Gasteiger partial charge in [0.05, 0.1) is 0 Å². The minimum atomic E-state index is 0.383. The van der Waals surface area contributed by atoms with Crippen molar-refractivity contribution in [1.82, 2.24) is 20.1 Å². The molecule has 1 aromatic heterocycles. The van der Waals surface area contributed by atoms with Crippen LogP contribution >= 0.6 is 11.8 Å². The fourth-order valence-electron chi connectivity index (χ4n) is 1.69. The number of nitrogens with zero attached hydrogens (tertiary/aromatic N) is 3. The molecular weight excluding hydrogens is 232 g/mol. The predicted octanol–water partition coefficient (Wildman–Crippen LogP) is 2.13. The average Bonchev–Trinajstić information content (AvgIpc) is 2.76. The first-order valence-electron chi connectivity index (χ1n) is 6.32. The second-order valence-electron chi connectivity index (χ2n) is 4.48. The van der Waals surface area contributed by atoms with Crippen LogP contribution in [0.2, 0.25) is 0 Å².